The van der Waals surface area contributed by atoms with E-state index in [1.165, 1.54) is 55.6 Å². The van der Waals surface area contributed by atoms with E-state index in [9.17, 15) is 70.6 Å². The van der Waals surface area contributed by atoms with Gasteiger partial charge in [0, 0.05) is 48.2 Å². The van der Waals surface area contributed by atoms with Crippen LogP contribution in [0.3, 0.4) is 0 Å². The van der Waals surface area contributed by atoms with Gasteiger partial charge in [0.15, 0.2) is 29.1 Å². The highest BCUT2D eigenvalue weighted by atomic mass is 35.5. The Bertz CT molecular complexity index is 5480. The number of phenols is 4. The summed E-state index contributed by atoms with van der Waals surface area (Å²) in [5, 5.41) is 152. The van der Waals surface area contributed by atoms with Crippen LogP contribution in [0.4, 0.5) is 0 Å². The molecule has 17 bridgehead atoms. The van der Waals surface area contributed by atoms with Crippen LogP contribution in [0.15, 0.2) is 115 Å². The molecule has 40 nitrogen and oxygen atoms in total. The second-order valence-electron chi connectivity index (χ2n) is 34.2. The number of hydrogen-bond acceptors (Lipinski definition) is 32. The fraction of sp³-hybridized carbons (Fsp3) is 0.452. The van der Waals surface area contributed by atoms with Crippen LogP contribution >= 0.6 is 23.2 Å². The van der Waals surface area contributed by atoms with Gasteiger partial charge in [0.1, 0.15) is 131 Å². The third-order valence-electron chi connectivity index (χ3n) is 24.2. The molecule has 2 saturated heterocycles. The fourth-order valence-corrected chi connectivity index (χ4v) is 17.3. The zero-order valence-corrected chi connectivity index (χ0v) is 75.6. The molecule has 7 aromatic rings. The molecule has 8 aliphatic rings. The largest absolute Gasteiger partial charge is 0.508 e. The van der Waals surface area contributed by atoms with E-state index >= 15 is 28.8 Å². The number of nitrogens with two attached hydrogens (primary N) is 2. The summed E-state index contributed by atoms with van der Waals surface area (Å²) >= 11 is 14.4. The van der Waals surface area contributed by atoms with E-state index in [4.69, 9.17) is 72.6 Å². The fourth-order valence-electron chi connectivity index (χ4n) is 16.9. The standard InChI is InChI=1S/C93H112Cl2N12O28/c1-43(2)14-9-7-5-6-8-10-15-66(113)101-75-78(116)80(118)83(91(127)128-4)135-92(75)134-82-63-36-48-37-64(82)131-60-25-20-47(34-55(60)94)76(114)74-90(126)105-72(85(121)99-28-13-31-107(29-11-26-96)30-12-27-97)53-38-49(109)39-62(132-93-81(119)79(117)77(115)65(42-108)133-93)67(53)52-33-45(18-23-57(52)110)70(87(123)106-74)102-88(124)71(48)103-89(125)73-54-40-51(41-59(112)68(54)95)130-61-35-46(19-24-58(61)111)69(98-3)86(122)100-56(84(120)104-73)32-44-16-21-50(129-63)22-17-44/h16-25,33-41,43,56,65,69-81,83,92-93,98,108-112,114-119H,5-15,26-32,42,96-97H2,1-4H3,(H,99,121)(H,100,122)(H,101,113)(H,102,124)(H,103,125)(H,104,120)(H,105,126)(H,106,123)/t56-,65-,69-,70-,71-,72-,73+,74+,75-,76-,77-,78-,79+,80+,81+,83+,92-,93+/m1/s1. The average Bonchev–Trinajstić information content (AvgIpc) is 0.755. The lowest BCUT2D eigenvalue weighted by molar-refractivity contribution is -0.277. The van der Waals surface area contributed by atoms with Crippen molar-refractivity contribution < 1.29 is 137 Å². The molecule has 135 heavy (non-hydrogen) atoms. The van der Waals surface area contributed by atoms with Gasteiger partial charge in [-0.15, -0.1) is 0 Å². The molecule has 726 valence electrons. The highest BCUT2D eigenvalue weighted by molar-refractivity contribution is 6.33. The maximum atomic E-state index is 17.0. The summed E-state index contributed by atoms with van der Waals surface area (Å²) in [5.74, 6) is -16.7. The van der Waals surface area contributed by atoms with E-state index < -0.39 is 271 Å². The maximum absolute atomic E-state index is 17.0. The van der Waals surface area contributed by atoms with Crippen LogP contribution in [0.25, 0.3) is 11.1 Å². The number of ether oxygens (including phenoxy) is 8. The van der Waals surface area contributed by atoms with Crippen molar-refractivity contribution in [3.8, 4) is 80.1 Å². The molecule has 2 fully saturated rings. The van der Waals surface area contributed by atoms with Crippen LogP contribution in [0, 0.1) is 5.92 Å². The highest BCUT2D eigenvalue weighted by Gasteiger charge is 2.52. The number of methoxy groups -OCH3 is 1. The Morgan fingerprint density at radius 3 is 1.88 bits per heavy atom. The maximum Gasteiger partial charge on any atom is 0.337 e. The Kier molecular flexibility index (Phi) is 33.6. The van der Waals surface area contributed by atoms with Gasteiger partial charge in [-0.1, -0.05) is 106 Å². The monoisotopic (exact) mass is 1910 g/mol. The third kappa shape index (κ3) is 23.6. The number of aliphatic hydroxyl groups excluding tert-OH is 7. The molecule has 15 rings (SSSR count). The first-order chi connectivity index (χ1) is 64.7. The minimum atomic E-state index is -2.45. The first-order valence-electron chi connectivity index (χ1n) is 44.4. The predicted molar refractivity (Wildman–Crippen MR) is 482 cm³/mol. The minimum absolute atomic E-state index is 0.123. The molecule has 42 heteroatoms. The first kappa shape index (κ1) is 100. The van der Waals surface area contributed by atoms with E-state index in [0.717, 1.165) is 106 Å². The minimum Gasteiger partial charge on any atom is -0.508 e. The Balaban J connectivity index is 1.03. The molecule has 8 heterocycles. The zero-order chi connectivity index (χ0) is 96.9. The smallest absolute Gasteiger partial charge is 0.337 e. The van der Waals surface area contributed by atoms with E-state index in [-0.39, 0.29) is 47.8 Å². The summed E-state index contributed by atoms with van der Waals surface area (Å²) in [6, 6.07) is 5.94. The molecule has 0 aromatic heterocycles. The summed E-state index contributed by atoms with van der Waals surface area (Å²) in [6.45, 7) is 5.41. The molecule has 24 N–H and O–H groups in total. The Labute approximate surface area is 784 Å². The number of esters is 1. The van der Waals surface area contributed by atoms with E-state index in [2.05, 4.69) is 66.6 Å². The number of phenolic OH excluding ortho intramolecular Hbond substituents is 4. The van der Waals surface area contributed by atoms with Gasteiger partial charge in [-0.25, -0.2) is 4.79 Å². The summed E-state index contributed by atoms with van der Waals surface area (Å²) in [7, 11) is 2.40. The van der Waals surface area contributed by atoms with Gasteiger partial charge >= 0.3 is 5.97 Å². The SMILES string of the molecule is CN[C@H]1C(=O)N[C@@H]2Cc3ccc(cc3)Oc3cc4cc(c3O[C@@H]3O[C@H](C(=O)OC)[C@@H](O)[C@H](O)[C@H]3NC(=O)CCCCCCCCC(C)C)Oc3ccc(cc3Cl)[C@@H](O)[C@@H]3NC(=O)[C@H](NC(=O)[C@@H]4NC(=O)[C@@H](NC2=O)c2cc(cc(O)c2Cl)Oc2cc1ccc2O)c1ccc(O)c(c1)-c1c(O[C@H]2O[C@H](CO)[C@@H](O)[C@H](O)[C@@H]2O)cc(O)cc1[C@H](C(=O)NCCCN(CCCN)CCCN)NC3=O. The van der Waals surface area contributed by atoms with Crippen molar-refractivity contribution in [1.82, 2.24) is 52.8 Å². The van der Waals surface area contributed by atoms with Crippen molar-refractivity contribution in [3.63, 3.8) is 0 Å². The number of rotatable bonds is 28. The summed E-state index contributed by atoms with van der Waals surface area (Å²) in [4.78, 5) is 142. The number of halogens is 2. The normalized spacial score (nSPS) is 25.1. The Hall–Kier alpha value is -12.0. The molecular weight excluding hydrogens is 1800 g/mol. The number of aliphatic hydroxyl groups is 7. The molecule has 0 aliphatic carbocycles. The van der Waals surface area contributed by atoms with Gasteiger partial charge < -0.3 is 158 Å². The molecular formula is C93H112Cl2N12O28. The lowest BCUT2D eigenvalue weighted by atomic mass is 9.89. The number of likely N-dealkylation sites (N-methyl/N-ethyl adjacent to an activating group) is 1. The Morgan fingerprint density at radius 2 is 1.19 bits per heavy atom. The topological polar surface area (TPSA) is 614 Å². The van der Waals surface area contributed by atoms with Crippen LogP contribution in [0.1, 0.15) is 160 Å². The van der Waals surface area contributed by atoms with Gasteiger partial charge in [0.25, 0.3) is 0 Å². The van der Waals surface area contributed by atoms with Crippen LogP contribution < -0.4 is 83.0 Å². The van der Waals surface area contributed by atoms with Gasteiger partial charge in [-0.05, 0) is 178 Å². The number of fused-ring (bicyclic) bond motifs is 14. The van der Waals surface area contributed by atoms with E-state index in [1.54, 1.807) is 0 Å². The van der Waals surface area contributed by atoms with Crippen LogP contribution in [0.5, 0.6) is 69.0 Å². The Morgan fingerprint density at radius 1 is 0.556 bits per heavy atom. The molecule has 0 spiro atoms. The van der Waals surface area contributed by atoms with Crippen LogP contribution in [0.2, 0.25) is 10.0 Å². The number of carbonyl (C=O) groups is 9. The molecule has 8 aliphatic heterocycles. The molecule has 8 amide bonds. The molecule has 0 saturated carbocycles. The number of hydrogen-bond donors (Lipinski definition) is 22. The quantitative estimate of drug-likeness (QED) is 0.0245. The lowest BCUT2D eigenvalue weighted by Crippen LogP contribution is -2.66. The zero-order valence-electron chi connectivity index (χ0n) is 74.1. The van der Waals surface area contributed by atoms with Crippen molar-refractivity contribution in [2.24, 2.45) is 17.4 Å². The summed E-state index contributed by atoms with van der Waals surface area (Å²) < 4.78 is 50.1. The number of carbonyl (C=O) groups excluding carboxylic acids is 9. The van der Waals surface area contributed by atoms with Crippen molar-refractivity contribution in [2.75, 3.05) is 60.0 Å². The van der Waals surface area contributed by atoms with E-state index in [0.29, 0.717) is 69.9 Å². The molecule has 0 radical (unpaired) electrons. The summed E-state index contributed by atoms with van der Waals surface area (Å²) in [5.41, 5.74) is 9.12. The van der Waals surface area contributed by atoms with Crippen LogP contribution in [-0.2, 0) is 63.8 Å². The molecule has 7 aromatic carbocycles. The highest BCUT2D eigenvalue weighted by Crippen LogP contribution is 2.51. The number of nitrogens with zero attached hydrogens (tertiary/aromatic N) is 1. The van der Waals surface area contributed by atoms with Gasteiger partial charge in [0.05, 0.1) is 23.8 Å². The first-order valence-corrected chi connectivity index (χ1v) is 45.2. The van der Waals surface area contributed by atoms with Crippen molar-refractivity contribution in [2.45, 2.75) is 201 Å². The van der Waals surface area contributed by atoms with Gasteiger partial charge in [0.2, 0.25) is 65.6 Å². The second kappa shape index (κ2) is 45.1. The van der Waals surface area contributed by atoms with Crippen molar-refractivity contribution >= 4 is 76.4 Å². The number of aromatic hydroxyl groups is 4. The number of nitrogens with one attached hydrogen (secondary N) is 9. The number of unbranched alkanes of at least 4 members (excludes halogenated alkanes) is 5. The second-order valence-corrected chi connectivity index (χ2v) is 35.0. The van der Waals surface area contributed by atoms with Gasteiger partial charge in [-0.3, -0.25) is 38.4 Å². The third-order valence-corrected chi connectivity index (χ3v) is 24.9. The number of benzene rings is 7. The summed E-state index contributed by atoms with van der Waals surface area (Å²) in [6.07, 6.45) is -14.1. The van der Waals surface area contributed by atoms with Crippen LogP contribution in [-0.4, -0.2) is 248 Å². The average molecular weight is 1920 g/mol. The molecule has 0 unspecified atom stereocenters. The number of amides is 8. The van der Waals surface area contributed by atoms with E-state index in [1.807, 2.05) is 0 Å². The predicted octanol–water partition coefficient (Wildman–Crippen LogP) is 3.69. The lowest BCUT2D eigenvalue weighted by Gasteiger charge is -2.41. The van der Waals surface area contributed by atoms with Crippen molar-refractivity contribution in [3.05, 3.63) is 164 Å². The van der Waals surface area contributed by atoms with Gasteiger partial charge in [-0.2, -0.15) is 0 Å². The van der Waals surface area contributed by atoms with Crippen molar-refractivity contribution in [1.29, 1.82) is 0 Å². The molecule has 18 atom stereocenters.